The Morgan fingerprint density at radius 1 is 0.889 bits per heavy atom. The molecule has 0 spiro atoms. The molecule has 1 heteroatoms. The molecule has 1 nitrogen and oxygen atoms in total. The zero-order valence-electron chi connectivity index (χ0n) is 12.3. The fourth-order valence-electron chi connectivity index (χ4n) is 3.77. The van der Waals surface area contributed by atoms with Crippen LogP contribution in [0.5, 0.6) is 0 Å². The fraction of sp³-hybridized carbons (Fsp3) is 0.824. The summed E-state index contributed by atoms with van der Waals surface area (Å²) in [7, 11) is 2.09. The van der Waals surface area contributed by atoms with Crippen molar-refractivity contribution >= 4 is 0 Å². The van der Waals surface area contributed by atoms with Gasteiger partial charge >= 0.3 is 0 Å². The molecule has 2 rings (SSSR count). The average Bonchev–Trinajstić information content (AvgIpc) is 2.75. The summed E-state index contributed by atoms with van der Waals surface area (Å²) >= 11 is 0. The van der Waals surface area contributed by atoms with Crippen LogP contribution in [-0.2, 0) is 0 Å². The van der Waals surface area contributed by atoms with Crippen LogP contribution < -0.4 is 5.32 Å². The van der Waals surface area contributed by atoms with Gasteiger partial charge in [-0.25, -0.2) is 0 Å². The van der Waals surface area contributed by atoms with E-state index in [1.54, 1.807) is 5.92 Å². The van der Waals surface area contributed by atoms with Crippen LogP contribution in [0.1, 0.15) is 64.2 Å². The van der Waals surface area contributed by atoms with E-state index in [-0.39, 0.29) is 14.9 Å². The molecular weight excluding hydrogens is 218 g/mol. The number of hydrogen-bond donors (Lipinski definition) is 1. The molecule has 0 aromatic carbocycles. The average molecular weight is 250 g/mol. The van der Waals surface area contributed by atoms with Crippen LogP contribution >= 0.6 is 0 Å². The first-order valence-electron chi connectivity index (χ1n) is 7.38. The van der Waals surface area contributed by atoms with Crippen molar-refractivity contribution in [2.45, 2.75) is 64.2 Å². The van der Waals surface area contributed by atoms with Gasteiger partial charge in [-0.3, -0.25) is 0 Å². The standard InChI is InChI=1S/C15H28N.2CH2/c1-16-12-13-7-3-2-4-10-15(11-13)14-8-5-6-9-14;;/h14-16H,2-12H2,1H3;2*1H2. The van der Waals surface area contributed by atoms with E-state index >= 15 is 0 Å². The molecule has 0 heterocycles. The minimum Gasteiger partial charge on any atom is -0.319 e. The van der Waals surface area contributed by atoms with Crippen LogP contribution in [0, 0.1) is 32.6 Å². The van der Waals surface area contributed by atoms with E-state index in [0.29, 0.717) is 0 Å². The van der Waals surface area contributed by atoms with Gasteiger partial charge in [0.05, 0.1) is 0 Å². The van der Waals surface area contributed by atoms with Crippen molar-refractivity contribution in [3.8, 4) is 0 Å². The Hall–Kier alpha value is -0.0400. The second kappa shape index (κ2) is 9.83. The summed E-state index contributed by atoms with van der Waals surface area (Å²) in [6.45, 7) is 1.17. The van der Waals surface area contributed by atoms with Crippen LogP contribution in [0.15, 0.2) is 0 Å². The van der Waals surface area contributed by atoms with Gasteiger partial charge in [0.25, 0.3) is 0 Å². The van der Waals surface area contributed by atoms with Crippen LogP contribution in [0.4, 0.5) is 0 Å². The van der Waals surface area contributed by atoms with Crippen molar-refractivity contribution in [3.63, 3.8) is 0 Å². The maximum Gasteiger partial charge on any atom is 0.00107 e. The lowest BCUT2D eigenvalue weighted by molar-refractivity contribution is 0.277. The van der Waals surface area contributed by atoms with Gasteiger partial charge in [-0.15, -0.1) is 0 Å². The molecule has 0 aliphatic heterocycles. The number of hydrogen-bond acceptors (Lipinski definition) is 1. The van der Waals surface area contributed by atoms with Crippen molar-refractivity contribution in [2.75, 3.05) is 13.6 Å². The number of nitrogens with one attached hydrogen (secondary N) is 1. The van der Waals surface area contributed by atoms with Gasteiger partial charge in [-0.1, -0.05) is 66.2 Å². The molecule has 0 aromatic heterocycles. The predicted octanol–water partition coefficient (Wildman–Crippen LogP) is 4.60. The van der Waals surface area contributed by atoms with Crippen LogP contribution in [0.2, 0.25) is 0 Å². The van der Waals surface area contributed by atoms with E-state index in [2.05, 4.69) is 12.4 Å². The summed E-state index contributed by atoms with van der Waals surface area (Å²) in [6.07, 6.45) is 14.8. The zero-order chi connectivity index (χ0) is 11.2. The molecule has 2 fully saturated rings. The highest BCUT2D eigenvalue weighted by Gasteiger charge is 2.28. The van der Waals surface area contributed by atoms with Gasteiger partial charge < -0.3 is 5.32 Å². The van der Waals surface area contributed by atoms with E-state index in [4.69, 9.17) is 0 Å². The molecule has 1 unspecified atom stereocenters. The van der Waals surface area contributed by atoms with Crippen LogP contribution in [0.25, 0.3) is 0 Å². The van der Waals surface area contributed by atoms with Crippen LogP contribution in [-0.4, -0.2) is 13.6 Å². The molecule has 0 bridgehead atoms. The van der Waals surface area contributed by atoms with Gasteiger partial charge in [0, 0.05) is 6.54 Å². The van der Waals surface area contributed by atoms with E-state index in [1.165, 1.54) is 70.8 Å². The third-order valence-electron chi connectivity index (χ3n) is 4.65. The Balaban J connectivity index is 0.00000144. The molecule has 2 aliphatic rings. The first kappa shape index (κ1) is 18.0. The van der Waals surface area contributed by atoms with E-state index in [0.717, 1.165) is 11.8 Å². The molecule has 0 aromatic rings. The van der Waals surface area contributed by atoms with Gasteiger partial charge in [-0.2, -0.15) is 0 Å². The summed E-state index contributed by atoms with van der Waals surface area (Å²) in [5.41, 5.74) is 0. The quantitative estimate of drug-likeness (QED) is 0.772. The molecule has 2 aliphatic carbocycles. The lowest BCUT2D eigenvalue weighted by atomic mass is 9.77. The Morgan fingerprint density at radius 3 is 2.17 bits per heavy atom. The van der Waals surface area contributed by atoms with Gasteiger partial charge in [0.1, 0.15) is 0 Å². The third kappa shape index (κ3) is 5.30. The largest absolute Gasteiger partial charge is 0.319 e. The Labute approximate surface area is 116 Å². The molecule has 1 N–H and O–H groups in total. The topological polar surface area (TPSA) is 12.0 Å². The van der Waals surface area contributed by atoms with Crippen LogP contribution in [0.3, 0.4) is 0 Å². The second-order valence-corrected chi connectivity index (χ2v) is 5.89. The minimum atomic E-state index is 0. The van der Waals surface area contributed by atoms with E-state index in [9.17, 15) is 0 Å². The highest BCUT2D eigenvalue weighted by atomic mass is 14.8. The first-order valence-corrected chi connectivity index (χ1v) is 7.38. The Kier molecular flexibility index (Phi) is 9.81. The van der Waals surface area contributed by atoms with Gasteiger partial charge in [-0.05, 0) is 37.6 Å². The molecule has 1 atom stereocenters. The molecule has 2 saturated carbocycles. The van der Waals surface area contributed by atoms with Crippen molar-refractivity contribution in [1.82, 2.24) is 5.32 Å². The monoisotopic (exact) mass is 250 g/mol. The Morgan fingerprint density at radius 2 is 1.50 bits per heavy atom. The van der Waals surface area contributed by atoms with E-state index in [1.807, 2.05) is 0 Å². The SMILES string of the molecule is CNC[C]1CCCCCC(C2CCCC2)C1.[CH2].[CH2]. The van der Waals surface area contributed by atoms with Crippen molar-refractivity contribution in [3.05, 3.63) is 20.8 Å². The summed E-state index contributed by atoms with van der Waals surface area (Å²) in [6, 6.07) is 0. The molecule has 105 valence electrons. The molecule has 0 saturated heterocycles. The van der Waals surface area contributed by atoms with Gasteiger partial charge in [0.15, 0.2) is 0 Å². The van der Waals surface area contributed by atoms with Gasteiger partial charge in [0.2, 0.25) is 0 Å². The molecule has 18 heavy (non-hydrogen) atoms. The van der Waals surface area contributed by atoms with E-state index < -0.39 is 0 Å². The highest BCUT2D eigenvalue weighted by molar-refractivity contribution is 4.96. The lowest BCUT2D eigenvalue weighted by Crippen LogP contribution is -2.24. The first-order chi connectivity index (χ1) is 7.90. The van der Waals surface area contributed by atoms with Crippen molar-refractivity contribution in [1.29, 1.82) is 0 Å². The maximum atomic E-state index is 3.36. The molecule has 0 amide bonds. The summed E-state index contributed by atoms with van der Waals surface area (Å²) in [5, 5.41) is 3.36. The minimum absolute atomic E-state index is 0. The predicted molar refractivity (Wildman–Crippen MR) is 81.0 cm³/mol. The summed E-state index contributed by atoms with van der Waals surface area (Å²) in [5.74, 6) is 3.91. The Bertz CT molecular complexity index is 184. The summed E-state index contributed by atoms with van der Waals surface area (Å²) < 4.78 is 0. The van der Waals surface area contributed by atoms with Crippen molar-refractivity contribution in [2.24, 2.45) is 11.8 Å². The smallest absolute Gasteiger partial charge is 0.00107 e. The summed E-state index contributed by atoms with van der Waals surface area (Å²) in [4.78, 5) is 0. The van der Waals surface area contributed by atoms with Crippen molar-refractivity contribution < 1.29 is 0 Å². The lowest BCUT2D eigenvalue weighted by Gasteiger charge is -2.30. The third-order valence-corrected chi connectivity index (χ3v) is 4.65. The molecule has 5 radical (unpaired) electrons. The number of rotatable bonds is 3. The zero-order valence-corrected chi connectivity index (χ0v) is 12.3. The highest BCUT2D eigenvalue weighted by Crippen LogP contribution is 2.39. The normalized spacial score (nSPS) is 26.8. The fourth-order valence-corrected chi connectivity index (χ4v) is 3.77. The second-order valence-electron chi connectivity index (χ2n) is 5.89. The molecular formula is C17H32N. The maximum absolute atomic E-state index is 3.36.